The summed E-state index contributed by atoms with van der Waals surface area (Å²) in [5.41, 5.74) is -1.24. The molecule has 0 aliphatic heterocycles. The van der Waals surface area contributed by atoms with Crippen molar-refractivity contribution in [3.63, 3.8) is 0 Å². The molecule has 2 aromatic rings. The highest BCUT2D eigenvalue weighted by Gasteiger charge is 2.22. The monoisotopic (exact) mass is 191 g/mol. The van der Waals surface area contributed by atoms with E-state index < -0.39 is 34.3 Å². The third kappa shape index (κ3) is 0.895. The van der Waals surface area contributed by atoms with Crippen LogP contribution in [0.2, 0.25) is 0 Å². The van der Waals surface area contributed by atoms with Gasteiger partial charge in [-0.3, -0.25) is 5.10 Å². The van der Waals surface area contributed by atoms with E-state index in [1.165, 1.54) is 0 Å². The molecule has 13 heavy (non-hydrogen) atoms. The van der Waals surface area contributed by atoms with Gasteiger partial charge in [-0.15, -0.1) is 5.10 Å². The second kappa shape index (κ2) is 2.41. The summed E-state index contributed by atoms with van der Waals surface area (Å²) < 4.78 is 50.6. The standard InChI is InChI=1S/C6HF4N3/c7-1-2(8)4(10)6-5(3(1)9)11-13-12-6/h(H,11,12,13). The zero-order valence-corrected chi connectivity index (χ0v) is 5.91. The molecular formula is C6HF4N3. The van der Waals surface area contributed by atoms with E-state index in [1.54, 1.807) is 0 Å². The normalized spacial score (nSPS) is 11.1. The second-order valence-corrected chi connectivity index (χ2v) is 2.29. The van der Waals surface area contributed by atoms with Gasteiger partial charge in [-0.05, 0) is 0 Å². The number of hydrogen-bond donors (Lipinski definition) is 1. The quantitative estimate of drug-likeness (QED) is 0.389. The highest BCUT2D eigenvalue weighted by molar-refractivity contribution is 5.75. The number of nitrogens with zero attached hydrogens (tertiary/aromatic N) is 2. The van der Waals surface area contributed by atoms with Gasteiger partial charge in [-0.1, -0.05) is 5.21 Å². The zero-order chi connectivity index (χ0) is 9.59. The number of H-pyrrole nitrogens is 1. The van der Waals surface area contributed by atoms with Crippen LogP contribution >= 0.6 is 0 Å². The maximum atomic E-state index is 12.8. The first-order valence-electron chi connectivity index (χ1n) is 3.15. The number of hydrogen-bond acceptors (Lipinski definition) is 2. The zero-order valence-electron chi connectivity index (χ0n) is 5.91. The van der Waals surface area contributed by atoms with Crippen molar-refractivity contribution in [1.82, 2.24) is 15.4 Å². The first kappa shape index (κ1) is 7.96. The van der Waals surface area contributed by atoms with E-state index in [0.717, 1.165) is 0 Å². The molecule has 7 heteroatoms. The van der Waals surface area contributed by atoms with Crippen LogP contribution in [0.1, 0.15) is 0 Å². The number of nitrogens with one attached hydrogen (secondary N) is 1. The molecule has 0 aliphatic carbocycles. The fourth-order valence-electron chi connectivity index (χ4n) is 0.941. The average Bonchev–Trinajstić information content (AvgIpc) is 2.59. The Bertz CT molecular complexity index is 436. The predicted molar refractivity (Wildman–Crippen MR) is 33.7 cm³/mol. The van der Waals surface area contributed by atoms with Crippen molar-refractivity contribution in [3.05, 3.63) is 23.3 Å². The molecule has 0 spiro atoms. The van der Waals surface area contributed by atoms with Crippen molar-refractivity contribution >= 4 is 11.0 Å². The molecule has 0 aliphatic rings. The van der Waals surface area contributed by atoms with E-state index in [2.05, 4.69) is 10.3 Å². The Labute approximate surface area is 68.4 Å². The Morgan fingerprint density at radius 1 is 0.846 bits per heavy atom. The largest absolute Gasteiger partial charge is 0.254 e. The van der Waals surface area contributed by atoms with Crippen molar-refractivity contribution in [3.8, 4) is 0 Å². The van der Waals surface area contributed by atoms with E-state index in [0.29, 0.717) is 0 Å². The topological polar surface area (TPSA) is 41.6 Å². The van der Waals surface area contributed by atoms with Gasteiger partial charge in [-0.25, -0.2) is 17.6 Å². The molecule has 0 unspecified atom stereocenters. The molecule has 3 nitrogen and oxygen atoms in total. The van der Waals surface area contributed by atoms with Gasteiger partial charge in [-0.2, -0.15) is 0 Å². The maximum absolute atomic E-state index is 12.8. The van der Waals surface area contributed by atoms with Gasteiger partial charge in [0.2, 0.25) is 0 Å². The number of aromatic nitrogens is 3. The van der Waals surface area contributed by atoms with E-state index in [1.807, 2.05) is 5.10 Å². The Kier molecular flexibility index (Phi) is 1.48. The second-order valence-electron chi connectivity index (χ2n) is 2.29. The summed E-state index contributed by atoms with van der Waals surface area (Å²) in [5.74, 6) is -6.85. The Balaban J connectivity index is 3.02. The Morgan fingerprint density at radius 2 is 1.46 bits per heavy atom. The summed E-state index contributed by atoms with van der Waals surface area (Å²) in [6, 6.07) is 0. The van der Waals surface area contributed by atoms with Gasteiger partial charge < -0.3 is 0 Å². The van der Waals surface area contributed by atoms with Crippen LogP contribution in [0.5, 0.6) is 0 Å². The Morgan fingerprint density at radius 3 is 2.15 bits per heavy atom. The van der Waals surface area contributed by atoms with E-state index in [-0.39, 0.29) is 0 Å². The molecule has 0 bridgehead atoms. The van der Waals surface area contributed by atoms with E-state index >= 15 is 0 Å². The number of fused-ring (bicyclic) bond motifs is 1. The van der Waals surface area contributed by atoms with Gasteiger partial charge in [0.15, 0.2) is 28.8 Å². The van der Waals surface area contributed by atoms with E-state index in [9.17, 15) is 17.6 Å². The van der Waals surface area contributed by atoms with Crippen LogP contribution in [0.25, 0.3) is 11.0 Å². The van der Waals surface area contributed by atoms with Crippen molar-refractivity contribution in [2.75, 3.05) is 0 Å². The summed E-state index contributed by atoms with van der Waals surface area (Å²) in [6.07, 6.45) is 0. The number of benzene rings is 1. The minimum atomic E-state index is -1.89. The summed E-state index contributed by atoms with van der Waals surface area (Å²) in [5, 5.41) is 7.98. The Hall–Kier alpha value is -1.66. The smallest absolute Gasteiger partial charge is 0.199 e. The fourth-order valence-corrected chi connectivity index (χ4v) is 0.941. The molecule has 0 saturated heterocycles. The number of halogens is 4. The van der Waals surface area contributed by atoms with Crippen LogP contribution < -0.4 is 0 Å². The number of rotatable bonds is 0. The first-order valence-corrected chi connectivity index (χ1v) is 3.15. The van der Waals surface area contributed by atoms with Crippen molar-refractivity contribution in [2.24, 2.45) is 0 Å². The summed E-state index contributed by atoms with van der Waals surface area (Å²) in [4.78, 5) is 0. The molecule has 0 saturated carbocycles. The summed E-state index contributed by atoms with van der Waals surface area (Å²) >= 11 is 0. The molecule has 2 rings (SSSR count). The lowest BCUT2D eigenvalue weighted by molar-refractivity contribution is 0.417. The van der Waals surface area contributed by atoms with Gasteiger partial charge in [0.1, 0.15) is 5.52 Å². The molecule has 1 N–H and O–H groups in total. The molecular weight excluding hydrogens is 190 g/mol. The molecule has 1 aromatic carbocycles. The predicted octanol–water partition coefficient (Wildman–Crippen LogP) is 1.51. The van der Waals surface area contributed by atoms with Crippen LogP contribution in [-0.2, 0) is 0 Å². The van der Waals surface area contributed by atoms with Crippen molar-refractivity contribution in [1.29, 1.82) is 0 Å². The summed E-state index contributed by atoms with van der Waals surface area (Å²) in [6.45, 7) is 0. The minimum absolute atomic E-state index is 0.587. The molecule has 0 radical (unpaired) electrons. The molecule has 0 fully saturated rings. The lowest BCUT2D eigenvalue weighted by Gasteiger charge is -1.96. The summed E-state index contributed by atoms with van der Waals surface area (Å²) in [7, 11) is 0. The molecule has 1 aromatic heterocycles. The van der Waals surface area contributed by atoms with Crippen LogP contribution in [0.4, 0.5) is 17.6 Å². The molecule has 1 heterocycles. The third-order valence-corrected chi connectivity index (χ3v) is 1.55. The van der Waals surface area contributed by atoms with Crippen LogP contribution in [0, 0.1) is 23.3 Å². The van der Waals surface area contributed by atoms with Gasteiger partial charge >= 0.3 is 0 Å². The van der Waals surface area contributed by atoms with Gasteiger partial charge in [0.05, 0.1) is 0 Å². The van der Waals surface area contributed by atoms with Crippen LogP contribution in [0.15, 0.2) is 0 Å². The number of aromatic amines is 1. The van der Waals surface area contributed by atoms with Crippen molar-refractivity contribution in [2.45, 2.75) is 0 Å². The van der Waals surface area contributed by atoms with Crippen LogP contribution in [-0.4, -0.2) is 15.4 Å². The lowest BCUT2D eigenvalue weighted by atomic mass is 10.2. The SMILES string of the molecule is Fc1c(F)c(F)c2[nH]nnc2c1F. The minimum Gasteiger partial charge on any atom is -0.254 e. The molecule has 0 amide bonds. The fraction of sp³-hybridized carbons (Fsp3) is 0. The molecule has 0 atom stereocenters. The maximum Gasteiger partial charge on any atom is 0.199 e. The van der Waals surface area contributed by atoms with Gasteiger partial charge in [0, 0.05) is 0 Å². The lowest BCUT2D eigenvalue weighted by Crippen LogP contribution is -1.97. The van der Waals surface area contributed by atoms with Crippen molar-refractivity contribution < 1.29 is 17.6 Å². The van der Waals surface area contributed by atoms with Gasteiger partial charge in [0.25, 0.3) is 0 Å². The first-order chi connectivity index (χ1) is 6.13. The average molecular weight is 191 g/mol. The highest BCUT2D eigenvalue weighted by atomic mass is 19.2. The van der Waals surface area contributed by atoms with Crippen LogP contribution in [0.3, 0.4) is 0 Å². The third-order valence-electron chi connectivity index (χ3n) is 1.55. The molecule has 68 valence electrons. The van der Waals surface area contributed by atoms with E-state index in [4.69, 9.17) is 0 Å². The highest BCUT2D eigenvalue weighted by Crippen LogP contribution is 2.22.